The van der Waals surface area contributed by atoms with Gasteiger partial charge in [-0.3, -0.25) is 0 Å². The number of aryl methyl sites for hydroxylation is 1. The molecule has 6 nitrogen and oxygen atoms in total. The predicted molar refractivity (Wildman–Crippen MR) is 87.3 cm³/mol. The Bertz CT molecular complexity index is 543. The molecule has 0 fully saturated rings. The third kappa shape index (κ3) is 4.30. The minimum atomic E-state index is 0.529. The summed E-state index contributed by atoms with van der Waals surface area (Å²) in [7, 11) is 0. The van der Waals surface area contributed by atoms with Gasteiger partial charge in [-0.25, -0.2) is 0 Å². The second-order valence-electron chi connectivity index (χ2n) is 4.54. The Morgan fingerprint density at radius 1 is 0.762 bits per heavy atom. The number of rotatable bonds is 7. The van der Waals surface area contributed by atoms with Crippen LogP contribution in [0.1, 0.15) is 26.3 Å². The number of nitrogens with zero attached hydrogens (tertiary/aromatic N) is 3. The molecule has 0 unspecified atom stereocenters. The van der Waals surface area contributed by atoms with Crippen molar-refractivity contribution in [3.63, 3.8) is 0 Å². The van der Waals surface area contributed by atoms with E-state index < -0.39 is 0 Å². The average Bonchev–Trinajstić information content (AvgIpc) is 2.48. The first kappa shape index (κ1) is 15.0. The van der Waals surface area contributed by atoms with Crippen LogP contribution >= 0.6 is 0 Å². The minimum absolute atomic E-state index is 0.529. The highest BCUT2D eigenvalue weighted by molar-refractivity contribution is 5.56. The third-order valence-corrected chi connectivity index (χ3v) is 2.92. The lowest BCUT2D eigenvalue weighted by Crippen LogP contribution is -2.10. The lowest BCUT2D eigenvalue weighted by molar-refractivity contribution is 1.00. The molecular formula is C15H22N6. The van der Waals surface area contributed by atoms with Gasteiger partial charge < -0.3 is 16.0 Å². The van der Waals surface area contributed by atoms with E-state index >= 15 is 0 Å². The normalized spacial score (nSPS) is 10.2. The highest BCUT2D eigenvalue weighted by Crippen LogP contribution is 2.16. The monoisotopic (exact) mass is 286 g/mol. The molecule has 21 heavy (non-hydrogen) atoms. The van der Waals surface area contributed by atoms with Gasteiger partial charge in [0, 0.05) is 18.8 Å². The van der Waals surface area contributed by atoms with Crippen LogP contribution in [0.5, 0.6) is 0 Å². The Morgan fingerprint density at radius 3 is 1.76 bits per heavy atom. The molecule has 0 bridgehead atoms. The van der Waals surface area contributed by atoms with Gasteiger partial charge in [0.2, 0.25) is 17.8 Å². The Hall–Kier alpha value is -2.37. The Morgan fingerprint density at radius 2 is 1.29 bits per heavy atom. The summed E-state index contributed by atoms with van der Waals surface area (Å²) in [6.45, 7) is 7.68. The van der Waals surface area contributed by atoms with Crippen LogP contribution in [0.2, 0.25) is 0 Å². The number of hydrogen-bond donors (Lipinski definition) is 3. The fourth-order valence-corrected chi connectivity index (χ4v) is 1.86. The van der Waals surface area contributed by atoms with Gasteiger partial charge in [-0.15, -0.1) is 0 Å². The van der Waals surface area contributed by atoms with Crippen molar-refractivity contribution < 1.29 is 0 Å². The fraction of sp³-hybridized carbons (Fsp3) is 0.400. The summed E-state index contributed by atoms with van der Waals surface area (Å²) < 4.78 is 0. The third-order valence-electron chi connectivity index (χ3n) is 2.92. The number of hydrogen-bond acceptors (Lipinski definition) is 6. The van der Waals surface area contributed by atoms with Gasteiger partial charge in [0.15, 0.2) is 0 Å². The van der Waals surface area contributed by atoms with E-state index in [1.165, 1.54) is 5.56 Å². The molecule has 0 saturated carbocycles. The van der Waals surface area contributed by atoms with Gasteiger partial charge >= 0.3 is 0 Å². The molecule has 1 heterocycles. The van der Waals surface area contributed by atoms with Crippen LogP contribution in [0.25, 0.3) is 0 Å². The highest BCUT2D eigenvalue weighted by Gasteiger charge is 2.05. The zero-order chi connectivity index (χ0) is 15.1. The molecule has 0 aliphatic heterocycles. The average molecular weight is 286 g/mol. The Kier molecular flexibility index (Phi) is 5.31. The number of anilines is 4. The molecule has 6 heteroatoms. The van der Waals surface area contributed by atoms with Crippen molar-refractivity contribution in [1.82, 2.24) is 15.0 Å². The summed E-state index contributed by atoms with van der Waals surface area (Å²) in [5.41, 5.74) is 2.26. The van der Waals surface area contributed by atoms with Crippen LogP contribution in [0.4, 0.5) is 23.5 Å². The summed E-state index contributed by atoms with van der Waals surface area (Å²) in [6.07, 6.45) is 1.03. The summed E-state index contributed by atoms with van der Waals surface area (Å²) in [5, 5.41) is 9.43. The van der Waals surface area contributed by atoms with Gasteiger partial charge in [0.25, 0.3) is 0 Å². The van der Waals surface area contributed by atoms with Crippen molar-refractivity contribution >= 4 is 23.5 Å². The summed E-state index contributed by atoms with van der Waals surface area (Å²) in [5.74, 6) is 1.66. The molecule has 2 rings (SSSR count). The second kappa shape index (κ2) is 7.42. The maximum absolute atomic E-state index is 4.36. The lowest BCUT2D eigenvalue weighted by Gasteiger charge is -2.10. The van der Waals surface area contributed by atoms with E-state index in [9.17, 15) is 0 Å². The molecule has 1 aromatic carbocycles. The van der Waals surface area contributed by atoms with Gasteiger partial charge in [-0.05, 0) is 38.0 Å². The van der Waals surface area contributed by atoms with Crippen molar-refractivity contribution in [2.45, 2.75) is 27.2 Å². The van der Waals surface area contributed by atoms with Crippen molar-refractivity contribution in [3.8, 4) is 0 Å². The van der Waals surface area contributed by atoms with Gasteiger partial charge in [0.1, 0.15) is 0 Å². The van der Waals surface area contributed by atoms with Crippen LogP contribution in [0, 0.1) is 0 Å². The molecule has 0 radical (unpaired) electrons. The summed E-state index contributed by atoms with van der Waals surface area (Å²) in [4.78, 5) is 13.0. The molecule has 0 aliphatic rings. The number of nitrogens with one attached hydrogen (secondary N) is 3. The molecule has 1 aromatic heterocycles. The number of benzene rings is 1. The van der Waals surface area contributed by atoms with Crippen LogP contribution in [-0.2, 0) is 6.42 Å². The maximum atomic E-state index is 4.36. The molecule has 0 amide bonds. The van der Waals surface area contributed by atoms with E-state index in [0.29, 0.717) is 17.8 Å². The zero-order valence-corrected chi connectivity index (χ0v) is 12.8. The van der Waals surface area contributed by atoms with Gasteiger partial charge in [-0.1, -0.05) is 19.1 Å². The number of aromatic nitrogens is 3. The highest BCUT2D eigenvalue weighted by atomic mass is 15.3. The van der Waals surface area contributed by atoms with Crippen molar-refractivity contribution in [3.05, 3.63) is 29.8 Å². The van der Waals surface area contributed by atoms with E-state index in [1.54, 1.807) is 0 Å². The molecule has 3 N–H and O–H groups in total. The van der Waals surface area contributed by atoms with Gasteiger partial charge in [-0.2, -0.15) is 15.0 Å². The summed E-state index contributed by atoms with van der Waals surface area (Å²) in [6, 6.07) is 8.25. The molecule has 0 aliphatic carbocycles. The molecule has 0 saturated heterocycles. The quantitative estimate of drug-likeness (QED) is 0.726. The molecule has 0 spiro atoms. The van der Waals surface area contributed by atoms with E-state index in [1.807, 2.05) is 26.0 Å². The first-order valence-electron chi connectivity index (χ1n) is 7.34. The smallest absolute Gasteiger partial charge is 0.233 e. The van der Waals surface area contributed by atoms with E-state index in [-0.39, 0.29) is 0 Å². The van der Waals surface area contributed by atoms with Crippen LogP contribution in [-0.4, -0.2) is 28.0 Å². The van der Waals surface area contributed by atoms with Crippen molar-refractivity contribution in [2.75, 3.05) is 29.0 Å². The fourth-order valence-electron chi connectivity index (χ4n) is 1.86. The molecule has 0 atom stereocenters. The van der Waals surface area contributed by atoms with Crippen LogP contribution < -0.4 is 16.0 Å². The summed E-state index contributed by atoms with van der Waals surface area (Å²) >= 11 is 0. The standard InChI is InChI=1S/C15H22N6/c1-4-11-7-9-12(10-8-11)18-15-20-13(16-5-2)19-14(21-15)17-6-3/h7-10H,4-6H2,1-3H3,(H3,16,17,18,19,20,21). The topological polar surface area (TPSA) is 74.8 Å². The van der Waals surface area contributed by atoms with Crippen molar-refractivity contribution in [2.24, 2.45) is 0 Å². The first-order chi connectivity index (χ1) is 10.2. The lowest BCUT2D eigenvalue weighted by atomic mass is 10.1. The first-order valence-corrected chi connectivity index (χ1v) is 7.34. The minimum Gasteiger partial charge on any atom is -0.354 e. The SMILES string of the molecule is CCNc1nc(NCC)nc(Nc2ccc(CC)cc2)n1. The van der Waals surface area contributed by atoms with E-state index in [0.717, 1.165) is 25.2 Å². The Balaban J connectivity index is 2.20. The zero-order valence-electron chi connectivity index (χ0n) is 12.8. The second-order valence-corrected chi connectivity index (χ2v) is 4.54. The van der Waals surface area contributed by atoms with Gasteiger partial charge in [0.05, 0.1) is 0 Å². The van der Waals surface area contributed by atoms with Crippen molar-refractivity contribution in [1.29, 1.82) is 0 Å². The maximum Gasteiger partial charge on any atom is 0.233 e. The Labute approximate surface area is 125 Å². The molecule has 2 aromatic rings. The van der Waals surface area contributed by atoms with Crippen LogP contribution in [0.3, 0.4) is 0 Å². The molecular weight excluding hydrogens is 264 g/mol. The van der Waals surface area contributed by atoms with E-state index in [2.05, 4.69) is 50.0 Å². The molecule has 112 valence electrons. The van der Waals surface area contributed by atoms with Crippen LogP contribution in [0.15, 0.2) is 24.3 Å². The predicted octanol–water partition coefficient (Wildman–Crippen LogP) is 3.04. The largest absolute Gasteiger partial charge is 0.354 e. The van der Waals surface area contributed by atoms with E-state index in [4.69, 9.17) is 0 Å².